The Balaban J connectivity index is 1.56. The number of carbonyl (C=O) groups excluding carboxylic acids is 2. The average Bonchev–Trinajstić information content (AvgIpc) is 3.18. The summed E-state index contributed by atoms with van der Waals surface area (Å²) in [7, 11) is 0. The van der Waals surface area contributed by atoms with Gasteiger partial charge in [-0.1, -0.05) is 54.6 Å². The molecule has 30 heavy (non-hydrogen) atoms. The molecule has 150 valence electrons. The molecule has 0 aliphatic heterocycles. The van der Waals surface area contributed by atoms with Crippen LogP contribution in [-0.2, 0) is 9.59 Å². The SMILES string of the molecule is CC(=O)NC(CC(=O)Nc1ccccc1-c1nc2ccccc2s1)c1ccccc1. The monoisotopic (exact) mass is 415 g/mol. The molecular formula is C24H21N3O2S. The lowest BCUT2D eigenvalue weighted by atomic mass is 10.0. The molecule has 0 saturated carbocycles. The van der Waals surface area contributed by atoms with Crippen molar-refractivity contribution in [2.24, 2.45) is 0 Å². The minimum Gasteiger partial charge on any atom is -0.349 e. The van der Waals surface area contributed by atoms with Crippen LogP contribution in [0.25, 0.3) is 20.8 Å². The minimum absolute atomic E-state index is 0.137. The van der Waals surface area contributed by atoms with E-state index in [1.54, 1.807) is 11.3 Å². The van der Waals surface area contributed by atoms with E-state index in [9.17, 15) is 9.59 Å². The molecule has 0 bridgehead atoms. The van der Waals surface area contributed by atoms with Gasteiger partial charge in [0, 0.05) is 12.5 Å². The van der Waals surface area contributed by atoms with Gasteiger partial charge in [-0.05, 0) is 29.8 Å². The zero-order valence-electron chi connectivity index (χ0n) is 16.5. The molecule has 4 rings (SSSR count). The quantitative estimate of drug-likeness (QED) is 0.456. The molecule has 6 heteroatoms. The summed E-state index contributed by atoms with van der Waals surface area (Å²) in [4.78, 5) is 29.2. The molecule has 2 amide bonds. The molecule has 2 N–H and O–H groups in total. The van der Waals surface area contributed by atoms with Gasteiger partial charge in [-0.15, -0.1) is 11.3 Å². The van der Waals surface area contributed by atoms with Gasteiger partial charge in [-0.25, -0.2) is 4.98 Å². The standard InChI is InChI=1S/C24H21N3O2S/c1-16(28)25-21(17-9-3-2-4-10-17)15-23(29)26-19-12-6-5-11-18(19)24-27-20-13-7-8-14-22(20)30-24/h2-14,21H,15H2,1H3,(H,25,28)(H,26,29). The van der Waals surface area contributed by atoms with Crippen molar-refractivity contribution in [3.05, 3.63) is 84.4 Å². The van der Waals surface area contributed by atoms with Crippen molar-refractivity contribution in [3.8, 4) is 10.6 Å². The van der Waals surface area contributed by atoms with E-state index in [4.69, 9.17) is 4.98 Å². The summed E-state index contributed by atoms with van der Waals surface area (Å²) in [5, 5.41) is 6.73. The normalized spacial score (nSPS) is 11.8. The molecule has 3 aromatic carbocycles. The van der Waals surface area contributed by atoms with Gasteiger partial charge in [0.15, 0.2) is 0 Å². The van der Waals surface area contributed by atoms with Gasteiger partial charge < -0.3 is 10.6 Å². The fourth-order valence-corrected chi connectivity index (χ4v) is 4.34. The maximum atomic E-state index is 12.9. The highest BCUT2D eigenvalue weighted by Gasteiger charge is 2.18. The van der Waals surface area contributed by atoms with Crippen LogP contribution in [0.1, 0.15) is 24.9 Å². The van der Waals surface area contributed by atoms with Crippen molar-refractivity contribution in [1.82, 2.24) is 10.3 Å². The highest BCUT2D eigenvalue weighted by atomic mass is 32.1. The van der Waals surface area contributed by atoms with E-state index in [1.807, 2.05) is 78.9 Å². The Bertz CT molecular complexity index is 1150. The van der Waals surface area contributed by atoms with Crippen molar-refractivity contribution in [2.45, 2.75) is 19.4 Å². The van der Waals surface area contributed by atoms with Gasteiger partial charge in [0.25, 0.3) is 0 Å². The van der Waals surface area contributed by atoms with Gasteiger partial charge in [0.05, 0.1) is 28.4 Å². The number of carbonyl (C=O) groups is 2. The van der Waals surface area contributed by atoms with E-state index in [2.05, 4.69) is 10.6 Å². The highest BCUT2D eigenvalue weighted by molar-refractivity contribution is 7.21. The summed E-state index contributed by atoms with van der Waals surface area (Å²) < 4.78 is 1.10. The third kappa shape index (κ3) is 4.55. The first-order valence-electron chi connectivity index (χ1n) is 9.67. The van der Waals surface area contributed by atoms with Crippen LogP contribution in [0.2, 0.25) is 0 Å². The van der Waals surface area contributed by atoms with E-state index in [0.717, 1.165) is 26.4 Å². The molecule has 1 unspecified atom stereocenters. The number of para-hydroxylation sites is 2. The Morgan fingerprint density at radius 2 is 1.63 bits per heavy atom. The highest BCUT2D eigenvalue weighted by Crippen LogP contribution is 2.34. The topological polar surface area (TPSA) is 71.1 Å². The van der Waals surface area contributed by atoms with Gasteiger partial charge in [0.1, 0.15) is 5.01 Å². The zero-order chi connectivity index (χ0) is 20.9. The smallest absolute Gasteiger partial charge is 0.226 e. The number of hydrogen-bond donors (Lipinski definition) is 2. The third-order valence-corrected chi connectivity index (χ3v) is 5.76. The predicted octanol–water partition coefficient (Wildman–Crippen LogP) is 5.17. The summed E-state index contributed by atoms with van der Waals surface area (Å²) in [6, 6.07) is 24.7. The number of rotatable bonds is 6. The molecule has 5 nitrogen and oxygen atoms in total. The molecule has 0 radical (unpaired) electrons. The van der Waals surface area contributed by atoms with E-state index in [0.29, 0.717) is 5.69 Å². The van der Waals surface area contributed by atoms with Crippen LogP contribution in [0.5, 0.6) is 0 Å². The fourth-order valence-electron chi connectivity index (χ4n) is 3.34. The molecule has 1 atom stereocenters. The molecule has 0 aliphatic rings. The molecule has 1 heterocycles. The Labute approximate surface area is 178 Å². The summed E-state index contributed by atoms with van der Waals surface area (Å²) in [5.41, 5.74) is 3.41. The summed E-state index contributed by atoms with van der Waals surface area (Å²) in [6.45, 7) is 1.45. The summed E-state index contributed by atoms with van der Waals surface area (Å²) in [6.07, 6.45) is 0.137. The van der Waals surface area contributed by atoms with Crippen LogP contribution in [0.4, 0.5) is 5.69 Å². The number of benzene rings is 3. The average molecular weight is 416 g/mol. The minimum atomic E-state index is -0.390. The lowest BCUT2D eigenvalue weighted by Crippen LogP contribution is -2.29. The second-order valence-corrected chi connectivity index (χ2v) is 7.98. The molecule has 0 saturated heterocycles. The van der Waals surface area contributed by atoms with Crippen LogP contribution < -0.4 is 10.6 Å². The number of nitrogens with one attached hydrogen (secondary N) is 2. The van der Waals surface area contributed by atoms with Crippen molar-refractivity contribution < 1.29 is 9.59 Å². The molecule has 4 aromatic rings. The molecule has 1 aromatic heterocycles. The molecule has 0 spiro atoms. The van der Waals surface area contributed by atoms with Gasteiger partial charge in [0.2, 0.25) is 11.8 Å². The van der Waals surface area contributed by atoms with Crippen molar-refractivity contribution in [2.75, 3.05) is 5.32 Å². The van der Waals surface area contributed by atoms with Crippen LogP contribution in [0.3, 0.4) is 0 Å². The van der Waals surface area contributed by atoms with Crippen LogP contribution in [0.15, 0.2) is 78.9 Å². The second-order valence-electron chi connectivity index (χ2n) is 6.95. The molecular weight excluding hydrogens is 394 g/mol. The zero-order valence-corrected chi connectivity index (χ0v) is 17.3. The number of thiazole rings is 1. The second kappa shape index (κ2) is 8.88. The van der Waals surface area contributed by atoms with Crippen LogP contribution in [-0.4, -0.2) is 16.8 Å². The van der Waals surface area contributed by atoms with Crippen molar-refractivity contribution in [1.29, 1.82) is 0 Å². The number of nitrogens with zero attached hydrogens (tertiary/aromatic N) is 1. The first-order valence-corrected chi connectivity index (χ1v) is 10.5. The Morgan fingerprint density at radius 1 is 0.933 bits per heavy atom. The number of anilines is 1. The lowest BCUT2D eigenvalue weighted by molar-refractivity contribution is -0.120. The molecule has 0 aliphatic carbocycles. The first kappa shape index (κ1) is 19.8. The maximum absolute atomic E-state index is 12.9. The Hall–Kier alpha value is -3.51. The number of amides is 2. The number of aromatic nitrogens is 1. The predicted molar refractivity (Wildman–Crippen MR) is 121 cm³/mol. The largest absolute Gasteiger partial charge is 0.349 e. The van der Waals surface area contributed by atoms with Crippen LogP contribution >= 0.6 is 11.3 Å². The summed E-state index contributed by atoms with van der Waals surface area (Å²) in [5.74, 6) is -0.349. The van der Waals surface area contributed by atoms with Gasteiger partial charge in [-0.3, -0.25) is 9.59 Å². The Morgan fingerprint density at radius 3 is 2.40 bits per heavy atom. The van der Waals surface area contributed by atoms with E-state index >= 15 is 0 Å². The first-order chi connectivity index (χ1) is 14.6. The van der Waals surface area contributed by atoms with Gasteiger partial charge >= 0.3 is 0 Å². The Kier molecular flexibility index (Phi) is 5.86. The van der Waals surface area contributed by atoms with Gasteiger partial charge in [-0.2, -0.15) is 0 Å². The van der Waals surface area contributed by atoms with E-state index in [-0.39, 0.29) is 18.2 Å². The molecule has 0 fully saturated rings. The van der Waals surface area contributed by atoms with Crippen LogP contribution in [0, 0.1) is 0 Å². The third-order valence-electron chi connectivity index (χ3n) is 4.69. The maximum Gasteiger partial charge on any atom is 0.226 e. The number of fused-ring (bicyclic) bond motifs is 1. The van der Waals surface area contributed by atoms with E-state index < -0.39 is 6.04 Å². The van der Waals surface area contributed by atoms with Crippen molar-refractivity contribution in [3.63, 3.8) is 0 Å². The fraction of sp³-hybridized carbons (Fsp3) is 0.125. The number of hydrogen-bond acceptors (Lipinski definition) is 4. The van der Waals surface area contributed by atoms with Crippen molar-refractivity contribution >= 4 is 39.1 Å². The lowest BCUT2D eigenvalue weighted by Gasteiger charge is -2.18. The van der Waals surface area contributed by atoms with E-state index in [1.165, 1.54) is 6.92 Å². The summed E-state index contributed by atoms with van der Waals surface area (Å²) >= 11 is 1.59.